The van der Waals surface area contributed by atoms with Crippen molar-refractivity contribution in [1.29, 1.82) is 0 Å². The van der Waals surface area contributed by atoms with E-state index in [1.165, 1.54) is 11.0 Å². The number of hydrogen-bond acceptors (Lipinski definition) is 2. The van der Waals surface area contributed by atoms with Crippen molar-refractivity contribution in [2.24, 2.45) is 13.0 Å². The van der Waals surface area contributed by atoms with Gasteiger partial charge in [-0.1, -0.05) is 13.8 Å². The first-order chi connectivity index (χ1) is 14.2. The first-order valence-electron chi connectivity index (χ1n) is 10.1. The molecule has 1 aromatic carbocycles. The molecule has 0 spiro atoms. The quantitative estimate of drug-likeness (QED) is 0.705. The van der Waals surface area contributed by atoms with Gasteiger partial charge < -0.3 is 19.7 Å². The number of halogens is 2. The number of aryl methyl sites for hydroxylation is 1. The van der Waals surface area contributed by atoms with Gasteiger partial charge in [0.1, 0.15) is 6.54 Å². The van der Waals surface area contributed by atoms with Crippen LogP contribution in [0.3, 0.4) is 0 Å². The van der Waals surface area contributed by atoms with Gasteiger partial charge in [-0.25, -0.2) is 13.6 Å². The number of hydrogen-bond donors (Lipinski definition) is 1. The summed E-state index contributed by atoms with van der Waals surface area (Å²) in [5, 5.41) is 2.56. The number of urea groups is 1. The number of aromatic nitrogens is 1. The van der Waals surface area contributed by atoms with E-state index in [0.29, 0.717) is 13.1 Å². The van der Waals surface area contributed by atoms with Crippen molar-refractivity contribution in [3.63, 3.8) is 0 Å². The SMILES string of the molecule is CC(C)CN(CC(=O)N(Cc1cccn1C)C1CC1)C(=O)Nc1ccc(F)c(F)c1. The zero-order valence-corrected chi connectivity index (χ0v) is 17.6. The lowest BCUT2D eigenvalue weighted by atomic mass is 10.2. The highest BCUT2D eigenvalue weighted by molar-refractivity contribution is 5.92. The van der Waals surface area contributed by atoms with Gasteiger partial charge in [-0.3, -0.25) is 4.79 Å². The smallest absolute Gasteiger partial charge is 0.322 e. The van der Waals surface area contributed by atoms with Crippen LogP contribution in [0.2, 0.25) is 0 Å². The monoisotopic (exact) mass is 418 g/mol. The van der Waals surface area contributed by atoms with Gasteiger partial charge in [-0.05, 0) is 43.0 Å². The van der Waals surface area contributed by atoms with Crippen molar-refractivity contribution in [2.75, 3.05) is 18.4 Å². The van der Waals surface area contributed by atoms with Crippen LogP contribution in [0.15, 0.2) is 36.5 Å². The third-order valence-corrected chi connectivity index (χ3v) is 5.06. The summed E-state index contributed by atoms with van der Waals surface area (Å²) in [5.41, 5.74) is 1.17. The number of amides is 3. The molecule has 1 aliphatic rings. The Morgan fingerprint density at radius 3 is 2.50 bits per heavy atom. The predicted molar refractivity (Wildman–Crippen MR) is 111 cm³/mol. The van der Waals surface area contributed by atoms with Crippen LogP contribution in [0.1, 0.15) is 32.4 Å². The molecule has 0 saturated heterocycles. The van der Waals surface area contributed by atoms with Gasteiger partial charge >= 0.3 is 6.03 Å². The maximum atomic E-state index is 13.5. The van der Waals surface area contributed by atoms with E-state index in [-0.39, 0.29) is 30.1 Å². The number of benzene rings is 1. The number of rotatable bonds is 8. The van der Waals surface area contributed by atoms with Crippen LogP contribution in [0.4, 0.5) is 19.3 Å². The van der Waals surface area contributed by atoms with Crippen LogP contribution in [0.5, 0.6) is 0 Å². The Bertz CT molecular complexity index is 908. The summed E-state index contributed by atoms with van der Waals surface area (Å²) in [6, 6.07) is 6.76. The van der Waals surface area contributed by atoms with Crippen LogP contribution >= 0.6 is 0 Å². The Kier molecular flexibility index (Phi) is 6.74. The molecule has 3 amide bonds. The van der Waals surface area contributed by atoms with Gasteiger partial charge in [0.2, 0.25) is 5.91 Å². The molecule has 0 bridgehead atoms. The first kappa shape index (κ1) is 21.8. The summed E-state index contributed by atoms with van der Waals surface area (Å²) < 4.78 is 28.6. The molecule has 30 heavy (non-hydrogen) atoms. The Hall–Kier alpha value is -2.90. The highest BCUT2D eigenvalue weighted by Gasteiger charge is 2.34. The van der Waals surface area contributed by atoms with Gasteiger partial charge in [-0.15, -0.1) is 0 Å². The molecule has 6 nitrogen and oxygen atoms in total. The minimum absolute atomic E-state index is 0.0748. The zero-order chi connectivity index (χ0) is 21.8. The molecular formula is C22H28F2N4O2. The topological polar surface area (TPSA) is 57.6 Å². The Morgan fingerprint density at radius 2 is 1.93 bits per heavy atom. The summed E-state index contributed by atoms with van der Waals surface area (Å²) in [6.45, 7) is 4.68. The standard InChI is InChI=1S/C22H28F2N4O2/c1-15(2)12-27(22(30)25-16-6-9-19(23)20(24)11-16)14-21(29)28(17-7-8-17)13-18-5-4-10-26(18)3/h4-6,9-11,15,17H,7-8,12-14H2,1-3H3,(H,25,30). The second kappa shape index (κ2) is 9.28. The Morgan fingerprint density at radius 1 is 1.20 bits per heavy atom. The molecule has 2 aromatic rings. The van der Waals surface area contributed by atoms with Gasteiger partial charge in [-0.2, -0.15) is 0 Å². The largest absolute Gasteiger partial charge is 0.353 e. The zero-order valence-electron chi connectivity index (χ0n) is 17.6. The molecule has 0 atom stereocenters. The third-order valence-electron chi connectivity index (χ3n) is 5.06. The van der Waals surface area contributed by atoms with Gasteiger partial charge in [0, 0.05) is 43.3 Å². The van der Waals surface area contributed by atoms with E-state index in [1.807, 2.05) is 48.7 Å². The Balaban J connectivity index is 1.70. The summed E-state index contributed by atoms with van der Waals surface area (Å²) >= 11 is 0. The van der Waals surface area contributed by atoms with Crippen LogP contribution < -0.4 is 5.32 Å². The lowest BCUT2D eigenvalue weighted by Crippen LogP contribution is -2.46. The molecule has 1 aliphatic carbocycles. The van der Waals surface area contributed by atoms with E-state index >= 15 is 0 Å². The average Bonchev–Trinajstić information content (AvgIpc) is 3.44. The van der Waals surface area contributed by atoms with Crippen molar-refractivity contribution in [3.8, 4) is 0 Å². The van der Waals surface area contributed by atoms with E-state index < -0.39 is 17.7 Å². The molecule has 0 radical (unpaired) electrons. The minimum Gasteiger partial charge on any atom is -0.353 e. The first-order valence-corrected chi connectivity index (χ1v) is 10.1. The fourth-order valence-electron chi connectivity index (χ4n) is 3.33. The normalized spacial score (nSPS) is 13.4. The van der Waals surface area contributed by atoms with E-state index in [0.717, 1.165) is 30.7 Å². The van der Waals surface area contributed by atoms with Crippen LogP contribution in [-0.2, 0) is 18.4 Å². The van der Waals surface area contributed by atoms with Crippen molar-refractivity contribution >= 4 is 17.6 Å². The maximum Gasteiger partial charge on any atom is 0.322 e. The van der Waals surface area contributed by atoms with E-state index in [4.69, 9.17) is 0 Å². The minimum atomic E-state index is -1.04. The Labute approximate surface area is 175 Å². The van der Waals surface area contributed by atoms with Crippen LogP contribution in [0, 0.1) is 17.6 Å². The molecule has 8 heteroatoms. The van der Waals surface area contributed by atoms with Gasteiger partial charge in [0.05, 0.1) is 6.54 Å². The number of nitrogens with zero attached hydrogens (tertiary/aromatic N) is 3. The molecule has 0 aliphatic heterocycles. The van der Waals surface area contributed by atoms with Crippen molar-refractivity contribution in [1.82, 2.24) is 14.4 Å². The summed E-state index contributed by atoms with van der Waals surface area (Å²) in [7, 11) is 1.94. The highest BCUT2D eigenvalue weighted by atomic mass is 19.2. The summed E-state index contributed by atoms with van der Waals surface area (Å²) in [5.74, 6) is -2.01. The lowest BCUT2D eigenvalue weighted by molar-refractivity contribution is -0.133. The number of carbonyl (C=O) groups excluding carboxylic acids is 2. The van der Waals surface area contributed by atoms with Gasteiger partial charge in [0.15, 0.2) is 11.6 Å². The number of carbonyl (C=O) groups is 2. The number of anilines is 1. The predicted octanol–water partition coefficient (Wildman–Crippen LogP) is 3.98. The second-order valence-corrected chi connectivity index (χ2v) is 8.20. The van der Waals surface area contributed by atoms with Crippen molar-refractivity contribution in [3.05, 3.63) is 53.9 Å². The molecule has 162 valence electrons. The van der Waals surface area contributed by atoms with E-state index in [2.05, 4.69) is 5.32 Å². The van der Waals surface area contributed by atoms with Crippen molar-refractivity contribution in [2.45, 2.75) is 39.3 Å². The van der Waals surface area contributed by atoms with Crippen LogP contribution in [-0.4, -0.2) is 45.4 Å². The highest BCUT2D eigenvalue weighted by Crippen LogP contribution is 2.28. The average molecular weight is 418 g/mol. The molecule has 1 N–H and O–H groups in total. The fourth-order valence-corrected chi connectivity index (χ4v) is 3.33. The molecule has 0 unspecified atom stereocenters. The summed E-state index contributed by atoms with van der Waals surface area (Å²) in [4.78, 5) is 29.1. The third kappa shape index (κ3) is 5.58. The molecule has 1 fully saturated rings. The molecule has 1 aromatic heterocycles. The molecule has 1 heterocycles. The van der Waals surface area contributed by atoms with E-state index in [1.54, 1.807) is 0 Å². The molecular weight excluding hydrogens is 390 g/mol. The van der Waals surface area contributed by atoms with E-state index in [9.17, 15) is 18.4 Å². The van der Waals surface area contributed by atoms with Gasteiger partial charge in [0.25, 0.3) is 0 Å². The van der Waals surface area contributed by atoms with Crippen molar-refractivity contribution < 1.29 is 18.4 Å². The fraction of sp³-hybridized carbons (Fsp3) is 0.455. The maximum absolute atomic E-state index is 13.5. The van der Waals surface area contributed by atoms with Crippen LogP contribution in [0.25, 0.3) is 0 Å². The molecule has 3 rings (SSSR count). The second-order valence-electron chi connectivity index (χ2n) is 8.20. The summed E-state index contributed by atoms with van der Waals surface area (Å²) in [6.07, 6.45) is 3.86. The number of nitrogens with one attached hydrogen (secondary N) is 1. The molecule has 1 saturated carbocycles. The lowest BCUT2D eigenvalue weighted by Gasteiger charge is -2.29.